The summed E-state index contributed by atoms with van der Waals surface area (Å²) in [4.78, 5) is 22.8. The molecule has 0 fully saturated rings. The van der Waals surface area contributed by atoms with Crippen LogP contribution in [0.3, 0.4) is 0 Å². The van der Waals surface area contributed by atoms with Gasteiger partial charge >= 0.3 is 5.97 Å². The van der Waals surface area contributed by atoms with Gasteiger partial charge in [-0.3, -0.25) is 10.1 Å². The fourth-order valence-electron chi connectivity index (χ4n) is 1.83. The van der Waals surface area contributed by atoms with E-state index < -0.39 is 18.0 Å². The highest BCUT2D eigenvalue weighted by Gasteiger charge is 2.16. The first-order chi connectivity index (χ1) is 11.5. The normalized spacial score (nSPS) is 11.2. The molecule has 1 amide bonds. The Bertz CT molecular complexity index is 732. The van der Waals surface area contributed by atoms with Crippen LogP contribution in [0.1, 0.15) is 17.3 Å². The van der Waals surface area contributed by atoms with Gasteiger partial charge in [-0.2, -0.15) is 0 Å². The lowest BCUT2D eigenvalue weighted by Crippen LogP contribution is -2.42. The van der Waals surface area contributed by atoms with Gasteiger partial charge in [0.15, 0.2) is 11.2 Å². The molecule has 0 saturated carbocycles. The number of para-hydroxylation sites is 1. The maximum atomic E-state index is 12.1. The van der Waals surface area contributed by atoms with E-state index in [1.807, 2.05) is 18.2 Å². The highest BCUT2D eigenvalue weighted by Crippen LogP contribution is 2.11. The van der Waals surface area contributed by atoms with Gasteiger partial charge in [-0.15, -0.1) is 0 Å². The minimum absolute atomic E-state index is 0.103. The van der Waals surface area contributed by atoms with Crippen LogP contribution in [0.2, 0.25) is 0 Å². The number of aromatic carboxylic acids is 1. The van der Waals surface area contributed by atoms with Crippen LogP contribution in [0.4, 0.5) is 5.69 Å². The molecule has 0 saturated heterocycles. The largest absolute Gasteiger partial charge is 0.481 e. The molecule has 2 aromatic carbocycles. The van der Waals surface area contributed by atoms with Crippen molar-refractivity contribution in [3.63, 3.8) is 0 Å². The van der Waals surface area contributed by atoms with Gasteiger partial charge in [0.05, 0.1) is 5.56 Å². The molecule has 0 aliphatic rings. The predicted octanol–water partition coefficient (Wildman–Crippen LogP) is 2.67. The van der Waals surface area contributed by atoms with Gasteiger partial charge in [-0.1, -0.05) is 18.2 Å². The van der Waals surface area contributed by atoms with E-state index in [0.717, 1.165) is 0 Å². The molecular weight excluding hydrogens is 328 g/mol. The Morgan fingerprint density at radius 3 is 2.29 bits per heavy atom. The number of nitrogens with one attached hydrogen (secondary N) is 2. The Balaban J connectivity index is 1.86. The molecule has 0 unspecified atom stereocenters. The van der Waals surface area contributed by atoms with Crippen molar-refractivity contribution in [2.24, 2.45) is 0 Å². The van der Waals surface area contributed by atoms with E-state index in [2.05, 4.69) is 10.6 Å². The average molecular weight is 344 g/mol. The molecule has 2 rings (SSSR count). The molecule has 0 aliphatic heterocycles. The first-order valence-corrected chi connectivity index (χ1v) is 7.53. The van der Waals surface area contributed by atoms with E-state index >= 15 is 0 Å². The lowest BCUT2D eigenvalue weighted by molar-refractivity contribution is -0.125. The van der Waals surface area contributed by atoms with Crippen molar-refractivity contribution < 1.29 is 19.4 Å². The zero-order valence-corrected chi connectivity index (χ0v) is 13.7. The molecule has 24 heavy (non-hydrogen) atoms. The maximum absolute atomic E-state index is 12.1. The minimum atomic E-state index is -1.01. The smallest absolute Gasteiger partial charge is 0.335 e. The molecule has 0 aliphatic carbocycles. The van der Waals surface area contributed by atoms with Crippen molar-refractivity contribution in [3.05, 3.63) is 60.2 Å². The second kappa shape index (κ2) is 8.07. The zero-order valence-electron chi connectivity index (χ0n) is 12.9. The van der Waals surface area contributed by atoms with E-state index in [1.165, 1.54) is 12.1 Å². The molecule has 1 atom stereocenters. The predicted molar refractivity (Wildman–Crippen MR) is 94.3 cm³/mol. The Hall–Kier alpha value is -2.93. The molecule has 0 heterocycles. The molecule has 0 bridgehead atoms. The number of carboxylic acids is 1. The van der Waals surface area contributed by atoms with Crippen molar-refractivity contribution in [2.45, 2.75) is 13.0 Å². The number of rotatable bonds is 5. The highest BCUT2D eigenvalue weighted by molar-refractivity contribution is 7.80. The van der Waals surface area contributed by atoms with E-state index in [1.54, 1.807) is 31.2 Å². The van der Waals surface area contributed by atoms with Crippen molar-refractivity contribution in [1.29, 1.82) is 0 Å². The second-order valence-electron chi connectivity index (χ2n) is 4.90. The Labute approximate surface area is 144 Å². The number of carboxylic acid groups (broad SMARTS) is 1. The topological polar surface area (TPSA) is 87.7 Å². The maximum Gasteiger partial charge on any atom is 0.335 e. The molecule has 0 spiro atoms. The Kier molecular flexibility index (Phi) is 5.86. The molecule has 124 valence electrons. The van der Waals surface area contributed by atoms with Crippen molar-refractivity contribution >= 4 is 34.9 Å². The Morgan fingerprint density at radius 1 is 1.08 bits per heavy atom. The van der Waals surface area contributed by atoms with Gasteiger partial charge in [0.2, 0.25) is 0 Å². The number of hydrogen-bond acceptors (Lipinski definition) is 4. The number of hydrogen-bond donors (Lipinski definition) is 3. The van der Waals surface area contributed by atoms with Crippen LogP contribution < -0.4 is 15.4 Å². The lowest BCUT2D eigenvalue weighted by Gasteiger charge is -2.15. The summed E-state index contributed by atoms with van der Waals surface area (Å²) in [5, 5.41) is 14.3. The van der Waals surface area contributed by atoms with Crippen LogP contribution in [-0.4, -0.2) is 28.2 Å². The highest BCUT2D eigenvalue weighted by atomic mass is 32.1. The standard InChI is InChI=1S/C17H16N2O4S/c1-11(23-14-5-3-2-4-6-14)15(20)19-17(24)18-13-9-7-12(8-10-13)16(21)22/h2-11H,1H3,(H,21,22)(H2,18,19,20,24)/t11-/m1/s1. The first-order valence-electron chi connectivity index (χ1n) is 7.12. The summed E-state index contributed by atoms with van der Waals surface area (Å²) < 4.78 is 5.50. The third kappa shape index (κ3) is 5.06. The second-order valence-corrected chi connectivity index (χ2v) is 5.31. The van der Waals surface area contributed by atoms with Gasteiger partial charge in [-0.25, -0.2) is 4.79 Å². The van der Waals surface area contributed by atoms with Gasteiger partial charge in [0.25, 0.3) is 5.91 Å². The van der Waals surface area contributed by atoms with Gasteiger partial charge in [0, 0.05) is 5.69 Å². The SMILES string of the molecule is C[C@@H](Oc1ccccc1)C(=O)NC(=S)Nc1ccc(C(=O)O)cc1. The van der Waals surface area contributed by atoms with Gasteiger partial charge in [0.1, 0.15) is 5.75 Å². The van der Waals surface area contributed by atoms with Crippen molar-refractivity contribution in [1.82, 2.24) is 5.32 Å². The van der Waals surface area contributed by atoms with Crippen LogP contribution in [-0.2, 0) is 4.79 Å². The van der Waals surface area contributed by atoms with E-state index in [9.17, 15) is 9.59 Å². The summed E-state index contributed by atoms with van der Waals surface area (Å²) in [6, 6.07) is 15.0. The summed E-state index contributed by atoms with van der Waals surface area (Å²) >= 11 is 5.07. The number of thiocarbonyl (C=S) groups is 1. The molecule has 2 aromatic rings. The number of ether oxygens (including phenoxy) is 1. The molecular formula is C17H16N2O4S. The van der Waals surface area contributed by atoms with Crippen LogP contribution in [0.25, 0.3) is 0 Å². The molecule has 0 aromatic heterocycles. The first kappa shape index (κ1) is 17.4. The van der Waals surface area contributed by atoms with E-state index in [0.29, 0.717) is 11.4 Å². The molecule has 7 heteroatoms. The van der Waals surface area contributed by atoms with Crippen molar-refractivity contribution in [2.75, 3.05) is 5.32 Å². The van der Waals surface area contributed by atoms with Crippen LogP contribution in [0.5, 0.6) is 5.75 Å². The summed E-state index contributed by atoms with van der Waals surface area (Å²) in [7, 11) is 0. The van der Waals surface area contributed by atoms with Crippen LogP contribution in [0.15, 0.2) is 54.6 Å². The average Bonchev–Trinajstić information content (AvgIpc) is 2.56. The third-order valence-corrected chi connectivity index (χ3v) is 3.26. The van der Waals surface area contributed by atoms with E-state index in [-0.39, 0.29) is 10.7 Å². The lowest BCUT2D eigenvalue weighted by atomic mass is 10.2. The fraction of sp³-hybridized carbons (Fsp3) is 0.118. The monoisotopic (exact) mass is 344 g/mol. The van der Waals surface area contributed by atoms with E-state index in [4.69, 9.17) is 22.1 Å². The number of carbonyl (C=O) groups excluding carboxylic acids is 1. The summed E-state index contributed by atoms with van der Waals surface area (Å²) in [6.45, 7) is 1.62. The van der Waals surface area contributed by atoms with Crippen molar-refractivity contribution in [3.8, 4) is 5.75 Å². The third-order valence-electron chi connectivity index (χ3n) is 3.05. The van der Waals surface area contributed by atoms with Crippen LogP contribution in [0, 0.1) is 0 Å². The summed E-state index contributed by atoms with van der Waals surface area (Å²) in [6.07, 6.45) is -0.721. The zero-order chi connectivity index (χ0) is 17.5. The van der Waals surface area contributed by atoms with Gasteiger partial charge < -0.3 is 15.2 Å². The number of amides is 1. The molecule has 6 nitrogen and oxygen atoms in total. The van der Waals surface area contributed by atoms with Gasteiger partial charge in [-0.05, 0) is 55.5 Å². The summed E-state index contributed by atoms with van der Waals surface area (Å²) in [5.41, 5.74) is 0.738. The van der Waals surface area contributed by atoms with Crippen LogP contribution >= 0.6 is 12.2 Å². The number of benzene rings is 2. The molecule has 0 radical (unpaired) electrons. The molecule has 3 N–H and O–H groups in total. The summed E-state index contributed by atoms with van der Waals surface area (Å²) in [5.74, 6) is -0.814. The number of anilines is 1. The Morgan fingerprint density at radius 2 is 1.71 bits per heavy atom. The minimum Gasteiger partial charge on any atom is -0.481 e. The number of carbonyl (C=O) groups is 2. The quantitative estimate of drug-likeness (QED) is 0.723. The fourth-order valence-corrected chi connectivity index (χ4v) is 2.05.